The topological polar surface area (TPSA) is 3.24 Å². The largest absolute Gasteiger partial charge is 0.302 e. The molecule has 0 spiro atoms. The van der Waals surface area contributed by atoms with E-state index in [1.54, 1.807) is 0 Å². The zero-order valence-electron chi connectivity index (χ0n) is 8.97. The van der Waals surface area contributed by atoms with Crippen LogP contribution in [-0.4, -0.2) is 19.0 Å². The highest BCUT2D eigenvalue weighted by Gasteiger charge is 2.26. The summed E-state index contributed by atoms with van der Waals surface area (Å²) in [5, 5.41) is 0. The van der Waals surface area contributed by atoms with Crippen molar-refractivity contribution >= 4 is 0 Å². The standard InChI is InChI=1S/C12H16FN/c1-8-4-5-9-10(12(8)13)6-7-11(9)14(2)3/h4-5,11H,6-7H2,1-3H3. The predicted molar refractivity (Wildman–Crippen MR) is 55.9 cm³/mol. The SMILES string of the molecule is Cc1ccc2c(c1F)CCC2N(C)C. The maximum absolute atomic E-state index is 13.7. The van der Waals surface area contributed by atoms with Crippen molar-refractivity contribution in [1.29, 1.82) is 0 Å². The Hall–Kier alpha value is -0.890. The van der Waals surface area contributed by atoms with Crippen LogP contribution in [0.15, 0.2) is 12.1 Å². The van der Waals surface area contributed by atoms with Crippen LogP contribution in [0.25, 0.3) is 0 Å². The normalized spacial score (nSPS) is 20.2. The fourth-order valence-corrected chi connectivity index (χ4v) is 2.29. The first kappa shape index (κ1) is 9.66. The van der Waals surface area contributed by atoms with Crippen LogP contribution in [0.1, 0.15) is 29.2 Å². The monoisotopic (exact) mass is 193 g/mol. The molecular weight excluding hydrogens is 177 g/mol. The number of halogens is 1. The molecule has 1 atom stereocenters. The third-order valence-corrected chi connectivity index (χ3v) is 3.12. The number of fused-ring (bicyclic) bond motifs is 1. The van der Waals surface area contributed by atoms with Crippen LogP contribution in [0.3, 0.4) is 0 Å². The van der Waals surface area contributed by atoms with Crippen molar-refractivity contribution in [2.45, 2.75) is 25.8 Å². The van der Waals surface area contributed by atoms with Crippen molar-refractivity contribution in [2.75, 3.05) is 14.1 Å². The van der Waals surface area contributed by atoms with E-state index in [1.165, 1.54) is 5.56 Å². The first-order valence-corrected chi connectivity index (χ1v) is 5.05. The molecule has 0 N–H and O–H groups in total. The van der Waals surface area contributed by atoms with E-state index >= 15 is 0 Å². The highest BCUT2D eigenvalue weighted by molar-refractivity contribution is 5.39. The Labute approximate surface area is 84.5 Å². The van der Waals surface area contributed by atoms with Crippen molar-refractivity contribution in [3.05, 3.63) is 34.6 Å². The van der Waals surface area contributed by atoms with Crippen LogP contribution in [0.2, 0.25) is 0 Å². The van der Waals surface area contributed by atoms with Gasteiger partial charge in [-0.1, -0.05) is 12.1 Å². The first-order valence-electron chi connectivity index (χ1n) is 5.05. The molecule has 1 aliphatic rings. The molecule has 0 saturated carbocycles. The molecule has 1 aromatic rings. The molecule has 0 radical (unpaired) electrons. The Kier molecular flexibility index (Phi) is 2.31. The van der Waals surface area contributed by atoms with Crippen LogP contribution in [-0.2, 0) is 6.42 Å². The molecule has 0 amide bonds. The highest BCUT2D eigenvalue weighted by Crippen LogP contribution is 2.36. The second-order valence-electron chi connectivity index (χ2n) is 4.28. The molecule has 1 aliphatic carbocycles. The summed E-state index contributed by atoms with van der Waals surface area (Å²) in [6.45, 7) is 1.83. The van der Waals surface area contributed by atoms with Gasteiger partial charge in [-0.3, -0.25) is 0 Å². The summed E-state index contributed by atoms with van der Waals surface area (Å²) in [5.74, 6) is 0.00634. The van der Waals surface area contributed by atoms with Gasteiger partial charge in [-0.15, -0.1) is 0 Å². The predicted octanol–water partition coefficient (Wildman–Crippen LogP) is 2.68. The summed E-state index contributed by atoms with van der Waals surface area (Å²) < 4.78 is 13.7. The fourth-order valence-electron chi connectivity index (χ4n) is 2.29. The Balaban J connectivity index is 2.48. The average Bonchev–Trinajstić information content (AvgIpc) is 2.55. The van der Waals surface area contributed by atoms with Gasteiger partial charge in [0.15, 0.2) is 0 Å². The number of nitrogens with zero attached hydrogens (tertiary/aromatic N) is 1. The van der Waals surface area contributed by atoms with E-state index in [1.807, 2.05) is 13.0 Å². The van der Waals surface area contributed by atoms with Gasteiger partial charge >= 0.3 is 0 Å². The number of hydrogen-bond donors (Lipinski definition) is 0. The summed E-state index contributed by atoms with van der Waals surface area (Å²) in [6.07, 6.45) is 1.92. The Morgan fingerprint density at radius 3 is 2.71 bits per heavy atom. The second kappa shape index (κ2) is 3.35. The van der Waals surface area contributed by atoms with E-state index in [0.29, 0.717) is 6.04 Å². The van der Waals surface area contributed by atoms with Crippen LogP contribution in [0.4, 0.5) is 4.39 Å². The van der Waals surface area contributed by atoms with Gasteiger partial charge < -0.3 is 4.90 Å². The van der Waals surface area contributed by atoms with Crippen molar-refractivity contribution in [1.82, 2.24) is 4.90 Å². The molecule has 2 heteroatoms. The third-order valence-electron chi connectivity index (χ3n) is 3.12. The Bertz CT molecular complexity index is 358. The van der Waals surface area contributed by atoms with Crippen LogP contribution >= 0.6 is 0 Å². The Morgan fingerprint density at radius 2 is 2.07 bits per heavy atom. The van der Waals surface area contributed by atoms with Crippen molar-refractivity contribution in [3.63, 3.8) is 0 Å². The lowest BCUT2D eigenvalue weighted by molar-refractivity contribution is 0.299. The van der Waals surface area contributed by atoms with Gasteiger partial charge in [0.2, 0.25) is 0 Å². The third kappa shape index (κ3) is 1.34. The van der Waals surface area contributed by atoms with E-state index in [4.69, 9.17) is 0 Å². The van der Waals surface area contributed by atoms with Gasteiger partial charge in [-0.05, 0) is 50.6 Å². The minimum absolute atomic E-state index is 0.00634. The molecule has 0 heterocycles. The van der Waals surface area contributed by atoms with E-state index in [-0.39, 0.29) is 5.82 Å². The second-order valence-corrected chi connectivity index (χ2v) is 4.28. The summed E-state index contributed by atoms with van der Waals surface area (Å²) >= 11 is 0. The van der Waals surface area contributed by atoms with Crippen molar-refractivity contribution in [3.8, 4) is 0 Å². The van der Waals surface area contributed by atoms with Crippen LogP contribution in [0.5, 0.6) is 0 Å². The fraction of sp³-hybridized carbons (Fsp3) is 0.500. The summed E-state index contributed by atoms with van der Waals surface area (Å²) in [7, 11) is 4.11. The van der Waals surface area contributed by atoms with Crippen LogP contribution < -0.4 is 0 Å². The van der Waals surface area contributed by atoms with Gasteiger partial charge in [0.25, 0.3) is 0 Å². The number of hydrogen-bond acceptors (Lipinski definition) is 1. The minimum Gasteiger partial charge on any atom is -0.302 e. The summed E-state index contributed by atoms with van der Waals surface area (Å²) in [6, 6.07) is 4.36. The zero-order chi connectivity index (χ0) is 10.3. The molecule has 76 valence electrons. The molecule has 1 unspecified atom stereocenters. The molecule has 1 nitrogen and oxygen atoms in total. The van der Waals surface area contributed by atoms with Gasteiger partial charge in [-0.25, -0.2) is 4.39 Å². The lowest BCUT2D eigenvalue weighted by Gasteiger charge is -2.20. The quantitative estimate of drug-likeness (QED) is 0.662. The van der Waals surface area contributed by atoms with E-state index in [0.717, 1.165) is 24.0 Å². The molecule has 0 aromatic heterocycles. The number of benzene rings is 1. The summed E-state index contributed by atoms with van der Waals surface area (Å²) in [4.78, 5) is 2.17. The first-order chi connectivity index (χ1) is 6.61. The maximum atomic E-state index is 13.7. The Morgan fingerprint density at radius 1 is 1.36 bits per heavy atom. The van der Waals surface area contributed by atoms with Gasteiger partial charge in [0, 0.05) is 6.04 Å². The molecule has 0 fully saturated rings. The molecule has 14 heavy (non-hydrogen) atoms. The van der Waals surface area contributed by atoms with Crippen LogP contribution in [0, 0.1) is 12.7 Å². The lowest BCUT2D eigenvalue weighted by atomic mass is 10.0. The van der Waals surface area contributed by atoms with Crippen molar-refractivity contribution in [2.24, 2.45) is 0 Å². The van der Waals surface area contributed by atoms with Gasteiger partial charge in [0.05, 0.1) is 0 Å². The molecule has 1 aromatic carbocycles. The van der Waals surface area contributed by atoms with Crippen molar-refractivity contribution < 1.29 is 4.39 Å². The number of aryl methyl sites for hydroxylation is 1. The average molecular weight is 193 g/mol. The highest BCUT2D eigenvalue weighted by atomic mass is 19.1. The minimum atomic E-state index is 0.00634. The van der Waals surface area contributed by atoms with E-state index in [2.05, 4.69) is 25.1 Å². The molecule has 2 rings (SSSR count). The summed E-state index contributed by atoms with van der Waals surface area (Å²) in [5.41, 5.74) is 2.88. The molecule has 0 aliphatic heterocycles. The molecule has 0 bridgehead atoms. The molecular formula is C12H16FN. The smallest absolute Gasteiger partial charge is 0.129 e. The van der Waals surface area contributed by atoms with E-state index in [9.17, 15) is 4.39 Å². The number of rotatable bonds is 1. The van der Waals surface area contributed by atoms with Gasteiger partial charge in [0.1, 0.15) is 5.82 Å². The maximum Gasteiger partial charge on any atom is 0.129 e. The molecule has 0 saturated heterocycles. The van der Waals surface area contributed by atoms with E-state index < -0.39 is 0 Å². The zero-order valence-corrected chi connectivity index (χ0v) is 8.97. The lowest BCUT2D eigenvalue weighted by Crippen LogP contribution is -2.17. The van der Waals surface area contributed by atoms with Gasteiger partial charge in [-0.2, -0.15) is 0 Å².